The molecule has 3 amide bonds. The van der Waals surface area contributed by atoms with Gasteiger partial charge in [-0.1, -0.05) is 54.9 Å². The molecule has 55 heavy (non-hydrogen) atoms. The van der Waals surface area contributed by atoms with E-state index in [1.165, 1.54) is 0 Å². The average molecular weight is 798 g/mol. The van der Waals surface area contributed by atoms with Crippen molar-refractivity contribution in [1.82, 2.24) is 4.90 Å². The minimum atomic E-state index is -3.60. The number of amides is 3. The molecule has 0 unspecified atom stereocenters. The molecule has 0 aromatic heterocycles. The van der Waals surface area contributed by atoms with E-state index in [4.69, 9.17) is 21.1 Å². The number of carbonyl (C=O) groups is 3. The van der Waals surface area contributed by atoms with Crippen LogP contribution in [0, 0.1) is 5.92 Å². The normalized spacial score (nSPS) is 31.7. The van der Waals surface area contributed by atoms with E-state index in [9.17, 15) is 39.9 Å². The van der Waals surface area contributed by atoms with Gasteiger partial charge in [-0.05, 0) is 66.5 Å². The summed E-state index contributed by atoms with van der Waals surface area (Å²) in [6, 6.07) is 18.8. The van der Waals surface area contributed by atoms with Gasteiger partial charge in [-0.15, -0.1) is 0 Å². The van der Waals surface area contributed by atoms with Crippen LogP contribution in [0.25, 0.3) is 0 Å². The Kier molecular flexibility index (Phi) is 10.7. The number of hydrogen-bond donors (Lipinski definition) is 6. The predicted octanol–water partition coefficient (Wildman–Crippen LogP) is 2.74. The first kappa shape index (κ1) is 39.5. The molecule has 4 aliphatic heterocycles. The topological polar surface area (TPSA) is 189 Å². The second-order valence-corrected chi connectivity index (χ2v) is 19.7. The van der Waals surface area contributed by atoms with Crippen molar-refractivity contribution in [1.29, 1.82) is 0 Å². The lowest BCUT2D eigenvalue weighted by Crippen LogP contribution is -2.60. The van der Waals surface area contributed by atoms with Gasteiger partial charge in [0.25, 0.3) is 11.8 Å². The molecule has 4 heterocycles. The summed E-state index contributed by atoms with van der Waals surface area (Å²) in [6.45, 7) is 5.06. The first-order chi connectivity index (χ1) is 26.0. The van der Waals surface area contributed by atoms with Crippen molar-refractivity contribution in [3.63, 3.8) is 0 Å². The van der Waals surface area contributed by atoms with Gasteiger partial charge in [0.1, 0.15) is 18.3 Å². The largest absolute Gasteiger partial charge is 0.394 e. The lowest BCUT2D eigenvalue weighted by atomic mass is 9.82. The molecule has 0 aliphatic carbocycles. The molecule has 4 aliphatic rings. The van der Waals surface area contributed by atoms with Crippen molar-refractivity contribution in [2.75, 3.05) is 16.8 Å². The minimum Gasteiger partial charge on any atom is -0.394 e. The minimum absolute atomic E-state index is 0.0658. The number of carbonyl (C=O) groups excluding carboxylic acids is 3. The van der Waals surface area contributed by atoms with Crippen molar-refractivity contribution in [2.45, 2.75) is 99.9 Å². The number of rotatable bonds is 8. The Morgan fingerprint density at radius 2 is 1.69 bits per heavy atom. The molecule has 6 N–H and O–H groups in total. The molecule has 10 atom stereocenters. The SMILES string of the molecule is C[C@@H]1[C@@H]([Si](C)(C)F)[C@H](CC(=O)N2Cc3ccccc3C[C@H]2CO)O[C@@]12C(=O)N(Cc1ccc(NC(=O)[C@H]3O[C@@H](O)[C@H](O)[C@@H](O)[C@@H]3O)cc1)c1ccc(Cl)cc12. The third-order valence-electron chi connectivity index (χ3n) is 11.6. The van der Waals surface area contributed by atoms with Gasteiger partial charge >= 0.3 is 0 Å². The number of aliphatic hydroxyl groups excluding tert-OH is 5. The molecule has 13 nitrogen and oxygen atoms in total. The van der Waals surface area contributed by atoms with Crippen LogP contribution in [0.4, 0.5) is 15.5 Å². The van der Waals surface area contributed by atoms with E-state index in [0.717, 1.165) is 11.1 Å². The third-order valence-corrected chi connectivity index (χ3v) is 14.3. The molecule has 3 aromatic carbocycles. The van der Waals surface area contributed by atoms with Crippen LogP contribution in [0.1, 0.15) is 35.6 Å². The second-order valence-electron chi connectivity index (χ2n) is 15.5. The van der Waals surface area contributed by atoms with Gasteiger partial charge in [0, 0.05) is 34.3 Å². The van der Waals surface area contributed by atoms with E-state index in [2.05, 4.69) is 5.32 Å². The highest BCUT2D eigenvalue weighted by atomic mass is 35.5. The highest BCUT2D eigenvalue weighted by Gasteiger charge is 2.67. The average Bonchev–Trinajstić information content (AvgIpc) is 3.57. The number of nitrogens with zero attached hydrogens (tertiary/aromatic N) is 2. The van der Waals surface area contributed by atoms with Crippen molar-refractivity contribution < 1.29 is 53.5 Å². The van der Waals surface area contributed by atoms with Gasteiger partial charge in [0.15, 0.2) is 18.0 Å². The van der Waals surface area contributed by atoms with Crippen LogP contribution in [0.5, 0.6) is 0 Å². The van der Waals surface area contributed by atoms with Crippen molar-refractivity contribution in [2.24, 2.45) is 5.92 Å². The fraction of sp³-hybridized carbons (Fsp3) is 0.462. The zero-order chi connectivity index (χ0) is 39.6. The van der Waals surface area contributed by atoms with Crippen LogP contribution in [-0.2, 0) is 49.0 Å². The lowest BCUT2D eigenvalue weighted by Gasteiger charge is -2.37. The maximum Gasteiger partial charge on any atom is 0.264 e. The Morgan fingerprint density at radius 3 is 2.36 bits per heavy atom. The zero-order valence-corrected chi connectivity index (χ0v) is 32.3. The Morgan fingerprint density at radius 1 is 1.00 bits per heavy atom. The van der Waals surface area contributed by atoms with Crippen LogP contribution in [0.3, 0.4) is 0 Å². The summed E-state index contributed by atoms with van der Waals surface area (Å²) in [5, 5.41) is 52.9. The molecule has 3 aromatic rings. The van der Waals surface area contributed by atoms with Gasteiger partial charge in [-0.3, -0.25) is 14.4 Å². The summed E-state index contributed by atoms with van der Waals surface area (Å²) in [7, 11) is -3.60. The van der Waals surface area contributed by atoms with Crippen molar-refractivity contribution in [3.8, 4) is 0 Å². The maximum atomic E-state index is 16.5. The smallest absolute Gasteiger partial charge is 0.264 e. The first-order valence-corrected chi connectivity index (χ1v) is 21.6. The highest BCUT2D eigenvalue weighted by Crippen LogP contribution is 2.60. The molecule has 2 fully saturated rings. The van der Waals surface area contributed by atoms with Crippen LogP contribution in [0.2, 0.25) is 23.7 Å². The summed E-state index contributed by atoms with van der Waals surface area (Å²) in [4.78, 5) is 44.9. The predicted molar refractivity (Wildman–Crippen MR) is 201 cm³/mol. The summed E-state index contributed by atoms with van der Waals surface area (Å²) in [5.74, 6) is -2.24. The quantitative estimate of drug-likeness (QED) is 0.146. The van der Waals surface area contributed by atoms with Crippen LogP contribution in [0.15, 0.2) is 66.7 Å². The third kappa shape index (κ3) is 7.00. The number of nitrogens with one attached hydrogen (secondary N) is 1. The molecule has 0 saturated carbocycles. The maximum absolute atomic E-state index is 16.5. The van der Waals surface area contributed by atoms with E-state index in [1.54, 1.807) is 72.3 Å². The van der Waals surface area contributed by atoms with Gasteiger partial charge < -0.3 is 54.2 Å². The van der Waals surface area contributed by atoms with Crippen LogP contribution < -0.4 is 10.2 Å². The summed E-state index contributed by atoms with van der Waals surface area (Å²) < 4.78 is 28.3. The number of benzene rings is 3. The summed E-state index contributed by atoms with van der Waals surface area (Å²) >= 11 is 6.52. The Balaban J connectivity index is 1.13. The molecule has 7 rings (SSSR count). The molecule has 2 saturated heterocycles. The standard InChI is InChI=1S/C39H45ClFN3O10Si/c1-20-35(55(2,3)41)29(16-30(46)43-18-23-7-5-4-6-22(23)14-26(43)19-45)54-39(20)27-15-24(40)10-13-28(27)44(38(39)52)17-21-8-11-25(12-9-21)42-36(50)34-32(48)31(47)33(49)37(51)53-34/h4-13,15,20,26,29,31-35,37,45,47-49,51H,14,16-19H2,1-3H3,(H,42,50)/t20-,26+,29+,31+,32+,33-,34+,35-,37-,39+/m1/s1. The van der Waals surface area contributed by atoms with Gasteiger partial charge in [-0.2, -0.15) is 0 Å². The van der Waals surface area contributed by atoms with E-state index in [-0.39, 0.29) is 31.2 Å². The highest BCUT2D eigenvalue weighted by molar-refractivity contribution is 6.72. The van der Waals surface area contributed by atoms with Gasteiger partial charge in [0.2, 0.25) is 14.3 Å². The Hall–Kier alpha value is -3.77. The molecule has 1 spiro atoms. The summed E-state index contributed by atoms with van der Waals surface area (Å²) in [6.07, 6.45) is -9.52. The van der Waals surface area contributed by atoms with Gasteiger partial charge in [-0.25, -0.2) is 0 Å². The molecular formula is C39H45ClFN3O10Si. The number of halogens is 2. The first-order valence-electron chi connectivity index (χ1n) is 18.3. The fourth-order valence-corrected chi connectivity index (χ4v) is 11.5. The van der Waals surface area contributed by atoms with Gasteiger partial charge in [0.05, 0.1) is 37.4 Å². The molecule has 16 heteroatoms. The van der Waals surface area contributed by atoms with E-state index < -0.39 is 80.1 Å². The molecular weight excluding hydrogens is 753 g/mol. The van der Waals surface area contributed by atoms with E-state index in [0.29, 0.717) is 34.8 Å². The van der Waals surface area contributed by atoms with Crippen molar-refractivity contribution >= 4 is 49.1 Å². The Bertz CT molecular complexity index is 1970. The molecule has 0 radical (unpaired) electrons. The number of ether oxygens (including phenoxy) is 2. The summed E-state index contributed by atoms with van der Waals surface area (Å²) in [5.41, 5.74) is 1.63. The molecule has 294 valence electrons. The second kappa shape index (κ2) is 15.0. The Labute approximate surface area is 323 Å². The van der Waals surface area contributed by atoms with E-state index in [1.807, 2.05) is 24.3 Å². The van der Waals surface area contributed by atoms with Crippen molar-refractivity contribution in [3.05, 3.63) is 94.0 Å². The zero-order valence-electron chi connectivity index (χ0n) is 30.5. The lowest BCUT2D eigenvalue weighted by molar-refractivity contribution is -0.274. The number of anilines is 2. The van der Waals surface area contributed by atoms with Crippen LogP contribution in [-0.4, -0.2) is 106 Å². The number of fused-ring (bicyclic) bond motifs is 3. The van der Waals surface area contributed by atoms with E-state index >= 15 is 4.11 Å². The monoisotopic (exact) mass is 797 g/mol. The molecule has 0 bridgehead atoms. The number of hydrogen-bond acceptors (Lipinski definition) is 10. The fourth-order valence-electron chi connectivity index (χ4n) is 8.88. The van der Waals surface area contributed by atoms with Crippen LogP contribution >= 0.6 is 11.6 Å². The number of aliphatic hydroxyl groups is 5.